The number of aromatic nitrogens is 5. The minimum Gasteiger partial charge on any atom is -0.293 e. The Balaban J connectivity index is 1.57. The summed E-state index contributed by atoms with van der Waals surface area (Å²) in [5, 5.41) is 11.3. The van der Waals surface area contributed by atoms with Gasteiger partial charge in [-0.2, -0.15) is 5.10 Å². The summed E-state index contributed by atoms with van der Waals surface area (Å²) in [6.07, 6.45) is 5.45. The van der Waals surface area contributed by atoms with Crippen LogP contribution >= 0.6 is 0 Å². The molecule has 0 fully saturated rings. The van der Waals surface area contributed by atoms with Crippen LogP contribution in [0.4, 0.5) is 5.95 Å². The van der Waals surface area contributed by atoms with E-state index < -0.39 is 0 Å². The number of anilines is 1. The van der Waals surface area contributed by atoms with Crippen LogP contribution in [0, 0.1) is 0 Å². The average molecular weight is 338 g/mol. The van der Waals surface area contributed by atoms with Crippen molar-refractivity contribution in [1.82, 2.24) is 24.5 Å². The molecule has 0 unspecified atom stereocenters. The molecule has 1 N–H and O–H groups in total. The summed E-state index contributed by atoms with van der Waals surface area (Å²) < 4.78 is 3.55. The maximum Gasteiger partial charge on any atom is 0.248 e. The lowest BCUT2D eigenvalue weighted by Crippen LogP contribution is -2.23. The molecule has 2 heterocycles. The quantitative estimate of drug-likeness (QED) is 0.775. The Morgan fingerprint density at radius 1 is 1.16 bits per heavy atom. The van der Waals surface area contributed by atoms with Gasteiger partial charge in [-0.25, -0.2) is 9.67 Å². The summed E-state index contributed by atoms with van der Waals surface area (Å²) in [4.78, 5) is 16.3. The molecule has 0 saturated carbocycles. The standard InChI is InChI=1S/C18H22N6O/c1-18(2,3)24-13-19-17(22-24)21-16(25)9-15-10-20-23(12-15)11-14-7-5-4-6-8-14/h4-8,10,12-13H,9,11H2,1-3H3,(H,21,22,25). The summed E-state index contributed by atoms with van der Waals surface area (Å²) in [6.45, 7) is 6.75. The maximum absolute atomic E-state index is 12.2. The number of benzene rings is 1. The lowest BCUT2D eigenvalue weighted by atomic mass is 10.1. The fraction of sp³-hybridized carbons (Fsp3) is 0.333. The third-order valence-electron chi connectivity index (χ3n) is 3.67. The van der Waals surface area contributed by atoms with Gasteiger partial charge in [0.2, 0.25) is 11.9 Å². The van der Waals surface area contributed by atoms with E-state index in [9.17, 15) is 4.79 Å². The van der Waals surface area contributed by atoms with Crippen LogP contribution in [0.3, 0.4) is 0 Å². The number of hydrogen-bond acceptors (Lipinski definition) is 4. The molecule has 25 heavy (non-hydrogen) atoms. The Morgan fingerprint density at radius 3 is 2.60 bits per heavy atom. The fourth-order valence-electron chi connectivity index (χ4n) is 2.35. The number of nitrogens with one attached hydrogen (secondary N) is 1. The number of amides is 1. The Bertz CT molecular complexity index is 844. The van der Waals surface area contributed by atoms with Crippen molar-refractivity contribution in [2.75, 3.05) is 5.32 Å². The van der Waals surface area contributed by atoms with Gasteiger partial charge in [0, 0.05) is 6.20 Å². The van der Waals surface area contributed by atoms with Crippen LogP contribution < -0.4 is 5.32 Å². The number of carbonyl (C=O) groups is 1. The van der Waals surface area contributed by atoms with Crippen molar-refractivity contribution in [3.8, 4) is 0 Å². The van der Waals surface area contributed by atoms with Gasteiger partial charge in [-0.1, -0.05) is 30.3 Å². The van der Waals surface area contributed by atoms with Gasteiger partial charge in [-0.3, -0.25) is 14.8 Å². The Morgan fingerprint density at radius 2 is 1.92 bits per heavy atom. The molecule has 7 nitrogen and oxygen atoms in total. The zero-order valence-electron chi connectivity index (χ0n) is 14.7. The van der Waals surface area contributed by atoms with Gasteiger partial charge in [0.15, 0.2) is 0 Å². The van der Waals surface area contributed by atoms with Crippen LogP contribution in [-0.2, 0) is 23.3 Å². The molecular formula is C18H22N6O. The molecule has 0 radical (unpaired) electrons. The van der Waals surface area contributed by atoms with E-state index >= 15 is 0 Å². The number of nitrogens with zero attached hydrogens (tertiary/aromatic N) is 5. The first-order chi connectivity index (χ1) is 11.9. The first kappa shape index (κ1) is 16.9. The second-order valence-corrected chi connectivity index (χ2v) is 6.94. The predicted octanol–water partition coefficient (Wildman–Crippen LogP) is 2.46. The smallest absolute Gasteiger partial charge is 0.248 e. The predicted molar refractivity (Wildman–Crippen MR) is 95.1 cm³/mol. The average Bonchev–Trinajstić information content (AvgIpc) is 3.17. The maximum atomic E-state index is 12.2. The second-order valence-electron chi connectivity index (χ2n) is 6.94. The molecule has 7 heteroatoms. The Hall–Kier alpha value is -2.96. The minimum atomic E-state index is -0.172. The van der Waals surface area contributed by atoms with E-state index in [1.165, 1.54) is 5.56 Å². The zero-order chi connectivity index (χ0) is 17.9. The summed E-state index contributed by atoms with van der Waals surface area (Å²) in [6, 6.07) is 10.1. The van der Waals surface area contributed by atoms with Crippen molar-refractivity contribution in [1.29, 1.82) is 0 Å². The zero-order valence-corrected chi connectivity index (χ0v) is 14.7. The summed E-state index contributed by atoms with van der Waals surface area (Å²) in [7, 11) is 0. The van der Waals surface area contributed by atoms with E-state index in [-0.39, 0.29) is 17.9 Å². The number of carbonyl (C=O) groups excluding carboxylic acids is 1. The highest BCUT2D eigenvalue weighted by molar-refractivity contribution is 5.90. The van der Waals surface area contributed by atoms with Crippen LogP contribution in [-0.4, -0.2) is 30.5 Å². The molecule has 0 aliphatic heterocycles. The summed E-state index contributed by atoms with van der Waals surface area (Å²) in [5.74, 6) is 0.155. The van der Waals surface area contributed by atoms with Gasteiger partial charge in [0.25, 0.3) is 0 Å². The fourth-order valence-corrected chi connectivity index (χ4v) is 2.35. The van der Waals surface area contributed by atoms with Crippen molar-refractivity contribution in [3.05, 3.63) is 60.2 Å². The highest BCUT2D eigenvalue weighted by atomic mass is 16.1. The minimum absolute atomic E-state index is 0.161. The normalized spacial score (nSPS) is 11.5. The Kier molecular flexibility index (Phi) is 4.65. The SMILES string of the molecule is CC(C)(C)n1cnc(NC(=O)Cc2cnn(Cc3ccccc3)c2)n1. The molecule has 0 atom stereocenters. The van der Waals surface area contributed by atoms with E-state index in [1.807, 2.05) is 62.0 Å². The lowest BCUT2D eigenvalue weighted by Gasteiger charge is -2.17. The number of hydrogen-bond donors (Lipinski definition) is 1. The van der Waals surface area contributed by atoms with Crippen molar-refractivity contribution >= 4 is 11.9 Å². The molecule has 0 aliphatic rings. The molecular weight excluding hydrogens is 316 g/mol. The van der Waals surface area contributed by atoms with Crippen LogP contribution in [0.2, 0.25) is 0 Å². The highest BCUT2D eigenvalue weighted by Crippen LogP contribution is 2.13. The third kappa shape index (κ3) is 4.53. The second kappa shape index (κ2) is 6.88. The van der Waals surface area contributed by atoms with Crippen molar-refractivity contribution < 1.29 is 4.79 Å². The Labute approximate surface area is 146 Å². The van der Waals surface area contributed by atoms with E-state index in [0.29, 0.717) is 12.5 Å². The molecule has 3 rings (SSSR count). The summed E-state index contributed by atoms with van der Waals surface area (Å²) >= 11 is 0. The molecule has 0 aliphatic carbocycles. The van der Waals surface area contributed by atoms with E-state index in [2.05, 4.69) is 20.5 Å². The summed E-state index contributed by atoms with van der Waals surface area (Å²) in [5.41, 5.74) is 1.84. The first-order valence-electron chi connectivity index (χ1n) is 8.17. The van der Waals surface area contributed by atoms with E-state index in [4.69, 9.17) is 0 Å². The molecule has 3 aromatic rings. The molecule has 130 valence electrons. The first-order valence-corrected chi connectivity index (χ1v) is 8.17. The van der Waals surface area contributed by atoms with E-state index in [1.54, 1.807) is 17.2 Å². The van der Waals surface area contributed by atoms with Gasteiger partial charge in [0.1, 0.15) is 6.33 Å². The van der Waals surface area contributed by atoms with Crippen LogP contribution in [0.15, 0.2) is 49.1 Å². The number of rotatable bonds is 5. The highest BCUT2D eigenvalue weighted by Gasteiger charge is 2.16. The van der Waals surface area contributed by atoms with Crippen LogP contribution in [0.5, 0.6) is 0 Å². The lowest BCUT2D eigenvalue weighted by molar-refractivity contribution is -0.115. The van der Waals surface area contributed by atoms with Gasteiger partial charge in [0.05, 0.1) is 24.7 Å². The third-order valence-corrected chi connectivity index (χ3v) is 3.67. The molecule has 0 spiro atoms. The molecule has 2 aromatic heterocycles. The van der Waals surface area contributed by atoms with Gasteiger partial charge < -0.3 is 0 Å². The van der Waals surface area contributed by atoms with Crippen LogP contribution in [0.25, 0.3) is 0 Å². The van der Waals surface area contributed by atoms with Gasteiger partial charge in [-0.15, -0.1) is 5.10 Å². The van der Waals surface area contributed by atoms with Gasteiger partial charge >= 0.3 is 0 Å². The molecule has 0 saturated heterocycles. The molecule has 1 aromatic carbocycles. The van der Waals surface area contributed by atoms with E-state index in [0.717, 1.165) is 5.56 Å². The van der Waals surface area contributed by atoms with Crippen molar-refractivity contribution in [2.24, 2.45) is 0 Å². The monoisotopic (exact) mass is 338 g/mol. The largest absolute Gasteiger partial charge is 0.293 e. The molecule has 0 bridgehead atoms. The van der Waals surface area contributed by atoms with Gasteiger partial charge in [-0.05, 0) is 31.9 Å². The van der Waals surface area contributed by atoms with Crippen molar-refractivity contribution in [3.63, 3.8) is 0 Å². The van der Waals surface area contributed by atoms with Crippen LogP contribution in [0.1, 0.15) is 31.9 Å². The van der Waals surface area contributed by atoms with Crippen molar-refractivity contribution in [2.45, 2.75) is 39.3 Å². The topological polar surface area (TPSA) is 77.6 Å². The molecule has 1 amide bonds.